The van der Waals surface area contributed by atoms with E-state index < -0.39 is 0 Å². The van der Waals surface area contributed by atoms with Crippen LogP contribution in [-0.4, -0.2) is 5.78 Å². The van der Waals surface area contributed by atoms with Crippen molar-refractivity contribution in [3.05, 3.63) is 23.8 Å². The Hall–Kier alpha value is -0.850. The van der Waals surface area contributed by atoms with E-state index in [4.69, 9.17) is 0 Å². The van der Waals surface area contributed by atoms with Crippen LogP contribution in [0.15, 0.2) is 23.8 Å². The fraction of sp³-hybridized carbons (Fsp3) is 0.773. The van der Waals surface area contributed by atoms with Crippen LogP contribution in [0.1, 0.15) is 111 Å². The van der Waals surface area contributed by atoms with Gasteiger partial charge in [-0.3, -0.25) is 0 Å². The number of carbonyl (C=O) groups is 1. The Bertz CT molecular complexity index is 325. The Morgan fingerprint density at radius 2 is 1.43 bits per heavy atom. The molecule has 0 rings (SSSR count). The van der Waals surface area contributed by atoms with Crippen LogP contribution in [0.25, 0.3) is 0 Å². The first-order valence-corrected chi connectivity index (χ1v) is 10.0. The molecule has 0 aromatic rings. The van der Waals surface area contributed by atoms with Gasteiger partial charge in [0.25, 0.3) is 0 Å². The van der Waals surface area contributed by atoms with E-state index in [0.717, 1.165) is 19.3 Å². The van der Waals surface area contributed by atoms with Gasteiger partial charge in [0.15, 0.2) is 0 Å². The van der Waals surface area contributed by atoms with Gasteiger partial charge in [-0.25, -0.2) is 0 Å². The normalized spacial score (nSPS) is 12.2. The van der Waals surface area contributed by atoms with Crippen LogP contribution >= 0.6 is 0 Å². The zero-order chi connectivity index (χ0) is 17.2. The minimum atomic E-state index is 0.332. The summed E-state index contributed by atoms with van der Waals surface area (Å²) in [7, 11) is 0. The summed E-state index contributed by atoms with van der Waals surface area (Å²) in [4.78, 5) is 10.8. The molecule has 0 radical (unpaired) electrons. The maximum absolute atomic E-state index is 10.8. The fourth-order valence-corrected chi connectivity index (χ4v) is 2.72. The second-order valence-electron chi connectivity index (χ2n) is 6.79. The topological polar surface area (TPSA) is 17.1 Å². The first-order valence-electron chi connectivity index (χ1n) is 10.0. The Morgan fingerprint density at radius 3 is 2.13 bits per heavy atom. The number of rotatable bonds is 16. The highest BCUT2D eigenvalue weighted by molar-refractivity contribution is 5.75. The molecule has 0 bridgehead atoms. The van der Waals surface area contributed by atoms with Gasteiger partial charge in [-0.05, 0) is 51.9 Å². The Balaban J connectivity index is 3.69. The monoisotopic (exact) mass is 320 g/mol. The van der Waals surface area contributed by atoms with Gasteiger partial charge in [-0.1, -0.05) is 76.2 Å². The third-order valence-corrected chi connectivity index (χ3v) is 4.29. The summed E-state index contributed by atoms with van der Waals surface area (Å²) >= 11 is 0. The average Bonchev–Trinajstić information content (AvgIpc) is 2.53. The Morgan fingerprint density at radius 1 is 0.739 bits per heavy atom. The Labute approximate surface area is 145 Å². The van der Waals surface area contributed by atoms with Crippen molar-refractivity contribution in [1.82, 2.24) is 0 Å². The summed E-state index contributed by atoms with van der Waals surface area (Å²) < 4.78 is 0. The predicted molar refractivity (Wildman–Crippen MR) is 104 cm³/mol. The van der Waals surface area contributed by atoms with Gasteiger partial charge < -0.3 is 4.79 Å². The third kappa shape index (κ3) is 17.3. The second kappa shape index (κ2) is 17.5. The van der Waals surface area contributed by atoms with Crippen molar-refractivity contribution in [1.29, 1.82) is 0 Å². The summed E-state index contributed by atoms with van der Waals surface area (Å²) in [5.41, 5.74) is 1.64. The molecule has 0 aliphatic heterocycles. The molecule has 0 aromatic heterocycles. The molecule has 134 valence electrons. The molecule has 0 amide bonds. The first kappa shape index (κ1) is 22.1. The standard InChI is InChI=1S/C22H40O/c1-4-6-14-19-22(18-7-5-2)20-16-13-11-9-8-10-12-15-17-21(3)23/h13,16,19H,4-12,14-15,17-18,20H2,1-3H3/b16-13+,22-19+. The fourth-order valence-electron chi connectivity index (χ4n) is 2.72. The van der Waals surface area contributed by atoms with Gasteiger partial charge >= 0.3 is 0 Å². The summed E-state index contributed by atoms with van der Waals surface area (Å²) in [6, 6.07) is 0. The van der Waals surface area contributed by atoms with E-state index in [1.165, 1.54) is 70.6 Å². The molecule has 0 aliphatic rings. The number of ketones is 1. The molecule has 0 spiro atoms. The predicted octanol–water partition coefficient (Wildman–Crippen LogP) is 7.56. The highest BCUT2D eigenvalue weighted by atomic mass is 16.1. The number of hydrogen-bond donors (Lipinski definition) is 0. The van der Waals surface area contributed by atoms with Crippen molar-refractivity contribution >= 4 is 5.78 Å². The molecular weight excluding hydrogens is 280 g/mol. The molecule has 0 heterocycles. The van der Waals surface area contributed by atoms with Gasteiger partial charge in [0, 0.05) is 6.42 Å². The van der Waals surface area contributed by atoms with Crippen molar-refractivity contribution < 1.29 is 4.79 Å². The summed E-state index contributed by atoms with van der Waals surface area (Å²) in [5.74, 6) is 0.332. The molecule has 0 atom stereocenters. The number of allylic oxidation sites excluding steroid dienone is 4. The minimum Gasteiger partial charge on any atom is -0.300 e. The van der Waals surface area contributed by atoms with Crippen molar-refractivity contribution in [3.8, 4) is 0 Å². The number of carbonyl (C=O) groups excluding carboxylic acids is 1. The smallest absolute Gasteiger partial charge is 0.129 e. The molecule has 0 unspecified atom stereocenters. The van der Waals surface area contributed by atoms with E-state index in [9.17, 15) is 4.79 Å². The van der Waals surface area contributed by atoms with E-state index in [1.54, 1.807) is 12.5 Å². The highest BCUT2D eigenvalue weighted by Gasteiger charge is 1.96. The quantitative estimate of drug-likeness (QED) is 0.212. The lowest BCUT2D eigenvalue weighted by atomic mass is 10.0. The van der Waals surface area contributed by atoms with Gasteiger partial charge in [0.1, 0.15) is 5.78 Å². The minimum absolute atomic E-state index is 0.332. The van der Waals surface area contributed by atoms with Crippen LogP contribution in [0.3, 0.4) is 0 Å². The molecule has 23 heavy (non-hydrogen) atoms. The molecule has 1 nitrogen and oxygen atoms in total. The van der Waals surface area contributed by atoms with Crippen LogP contribution in [0.5, 0.6) is 0 Å². The average molecular weight is 321 g/mol. The highest BCUT2D eigenvalue weighted by Crippen LogP contribution is 2.15. The largest absolute Gasteiger partial charge is 0.300 e. The van der Waals surface area contributed by atoms with Crippen molar-refractivity contribution in [3.63, 3.8) is 0 Å². The molecule has 0 saturated carbocycles. The summed E-state index contributed by atoms with van der Waals surface area (Å²) in [6.07, 6.45) is 24.3. The van der Waals surface area contributed by atoms with Gasteiger partial charge in [0.05, 0.1) is 0 Å². The molecule has 0 aromatic carbocycles. The van der Waals surface area contributed by atoms with Gasteiger partial charge in [0.2, 0.25) is 0 Å². The molecule has 1 heteroatoms. The van der Waals surface area contributed by atoms with Crippen molar-refractivity contribution in [2.24, 2.45) is 0 Å². The van der Waals surface area contributed by atoms with Crippen molar-refractivity contribution in [2.45, 2.75) is 111 Å². The van der Waals surface area contributed by atoms with Gasteiger partial charge in [-0.15, -0.1) is 0 Å². The van der Waals surface area contributed by atoms with E-state index in [0.29, 0.717) is 5.78 Å². The Kier molecular flexibility index (Phi) is 16.9. The van der Waals surface area contributed by atoms with Crippen LogP contribution < -0.4 is 0 Å². The zero-order valence-corrected chi connectivity index (χ0v) is 16.0. The van der Waals surface area contributed by atoms with E-state index in [2.05, 4.69) is 32.1 Å². The SMILES string of the molecule is CCCC/C=C(/C/C=C/CCCCCCCC(C)=O)CCCC. The molecule has 0 saturated heterocycles. The van der Waals surface area contributed by atoms with E-state index in [-0.39, 0.29) is 0 Å². The molecule has 0 aliphatic carbocycles. The third-order valence-electron chi connectivity index (χ3n) is 4.29. The lowest BCUT2D eigenvalue weighted by Gasteiger charge is -2.04. The number of Topliss-reactive ketones (excluding diaryl/α,β-unsaturated/α-hetero) is 1. The molecular formula is C22H40O. The summed E-state index contributed by atoms with van der Waals surface area (Å²) in [6.45, 7) is 6.23. The van der Waals surface area contributed by atoms with Crippen LogP contribution in [0, 0.1) is 0 Å². The van der Waals surface area contributed by atoms with E-state index in [1.807, 2.05) is 0 Å². The van der Waals surface area contributed by atoms with Crippen LogP contribution in [0.2, 0.25) is 0 Å². The lowest BCUT2D eigenvalue weighted by molar-refractivity contribution is -0.117. The van der Waals surface area contributed by atoms with E-state index >= 15 is 0 Å². The maximum Gasteiger partial charge on any atom is 0.129 e. The van der Waals surface area contributed by atoms with Gasteiger partial charge in [-0.2, -0.15) is 0 Å². The second-order valence-corrected chi connectivity index (χ2v) is 6.79. The number of hydrogen-bond acceptors (Lipinski definition) is 1. The molecule has 0 fully saturated rings. The lowest BCUT2D eigenvalue weighted by Crippen LogP contribution is -1.89. The number of unbranched alkanes of at least 4 members (excludes halogenated alkanes) is 8. The maximum atomic E-state index is 10.8. The first-order chi connectivity index (χ1) is 11.2. The van der Waals surface area contributed by atoms with Crippen LogP contribution in [-0.2, 0) is 4.79 Å². The molecule has 0 N–H and O–H groups in total. The van der Waals surface area contributed by atoms with Crippen LogP contribution in [0.4, 0.5) is 0 Å². The summed E-state index contributed by atoms with van der Waals surface area (Å²) in [5, 5.41) is 0. The van der Waals surface area contributed by atoms with Crippen molar-refractivity contribution in [2.75, 3.05) is 0 Å². The zero-order valence-electron chi connectivity index (χ0n) is 16.0.